The molecule has 2 aromatic rings. The summed E-state index contributed by atoms with van der Waals surface area (Å²) in [5, 5.41) is 3.49. The van der Waals surface area contributed by atoms with Crippen LogP contribution in [0.4, 0.5) is 0 Å². The molecule has 1 aliphatic heterocycles. The van der Waals surface area contributed by atoms with Crippen LogP contribution in [0.2, 0.25) is 0 Å². The van der Waals surface area contributed by atoms with Gasteiger partial charge in [0.1, 0.15) is 0 Å². The first-order valence-electron chi connectivity index (χ1n) is 7.20. The van der Waals surface area contributed by atoms with Gasteiger partial charge in [-0.1, -0.05) is 19.1 Å². The number of hydrogen-bond donors (Lipinski definition) is 0. The van der Waals surface area contributed by atoms with Crippen LogP contribution in [0.15, 0.2) is 23.6 Å². The number of thiophene rings is 1. The summed E-state index contributed by atoms with van der Waals surface area (Å²) < 4.78 is 13.7. The van der Waals surface area contributed by atoms with Crippen LogP contribution in [0.5, 0.6) is 0 Å². The maximum absolute atomic E-state index is 6.19. The average Bonchev–Trinajstić information content (AvgIpc) is 2.91. The van der Waals surface area contributed by atoms with Crippen molar-refractivity contribution in [3.05, 3.63) is 29.1 Å². The Hall–Kier alpha value is -0.835. The van der Waals surface area contributed by atoms with E-state index in [0.717, 1.165) is 11.9 Å². The maximum Gasteiger partial charge on any atom is 0.496 e. The van der Waals surface area contributed by atoms with Gasteiger partial charge in [0.15, 0.2) is 0 Å². The fraction of sp³-hybridized carbons (Fsp3) is 0.500. The van der Waals surface area contributed by atoms with Gasteiger partial charge in [-0.3, -0.25) is 0 Å². The van der Waals surface area contributed by atoms with E-state index in [0.29, 0.717) is 0 Å². The minimum absolute atomic E-state index is 0.271. The van der Waals surface area contributed by atoms with Gasteiger partial charge in [0.25, 0.3) is 0 Å². The Morgan fingerprint density at radius 1 is 1.05 bits per heavy atom. The van der Waals surface area contributed by atoms with Gasteiger partial charge in [-0.15, -0.1) is 11.3 Å². The molecule has 0 atom stereocenters. The van der Waals surface area contributed by atoms with E-state index in [1.54, 1.807) is 11.3 Å². The highest BCUT2D eigenvalue weighted by molar-refractivity contribution is 7.18. The molecule has 4 heteroatoms. The summed E-state index contributed by atoms with van der Waals surface area (Å²) in [6, 6.07) is 6.57. The van der Waals surface area contributed by atoms with Gasteiger partial charge in [0, 0.05) is 10.2 Å². The lowest BCUT2D eigenvalue weighted by Crippen LogP contribution is -2.41. The molecular weight excluding hydrogens is 267 g/mol. The van der Waals surface area contributed by atoms with E-state index in [4.69, 9.17) is 9.31 Å². The summed E-state index contributed by atoms with van der Waals surface area (Å²) in [6.07, 6.45) is 1.05. The van der Waals surface area contributed by atoms with Crippen molar-refractivity contribution in [3.8, 4) is 0 Å². The molecule has 0 aliphatic carbocycles. The fourth-order valence-corrected chi connectivity index (χ4v) is 3.57. The first kappa shape index (κ1) is 14.1. The van der Waals surface area contributed by atoms with Crippen LogP contribution < -0.4 is 5.46 Å². The molecule has 20 heavy (non-hydrogen) atoms. The summed E-state index contributed by atoms with van der Waals surface area (Å²) in [6.45, 7) is 10.6. The van der Waals surface area contributed by atoms with Crippen LogP contribution in [0.3, 0.4) is 0 Å². The standard InChI is InChI=1S/C16H21BO2S/c1-6-11-7-8-13(14-12(11)9-10-20-14)17-18-15(2,3)16(4,5)19-17/h7-10H,6H2,1-5H3. The Kier molecular flexibility index (Phi) is 3.24. The highest BCUT2D eigenvalue weighted by Gasteiger charge is 2.52. The second-order valence-electron chi connectivity index (χ2n) is 6.42. The molecule has 1 fully saturated rings. The molecule has 2 nitrogen and oxygen atoms in total. The number of hydrogen-bond acceptors (Lipinski definition) is 3. The molecule has 1 aromatic heterocycles. The molecule has 1 aromatic carbocycles. The number of fused-ring (bicyclic) bond motifs is 1. The predicted octanol–water partition coefficient (Wildman–Crippen LogP) is 3.76. The van der Waals surface area contributed by atoms with Crippen LogP contribution in [0.1, 0.15) is 40.2 Å². The third kappa shape index (κ3) is 2.02. The van der Waals surface area contributed by atoms with Crippen LogP contribution in [-0.2, 0) is 15.7 Å². The van der Waals surface area contributed by atoms with Crippen LogP contribution in [0.25, 0.3) is 10.1 Å². The highest BCUT2D eigenvalue weighted by atomic mass is 32.1. The molecule has 0 saturated carbocycles. The first-order valence-corrected chi connectivity index (χ1v) is 8.08. The van der Waals surface area contributed by atoms with E-state index in [1.807, 2.05) is 0 Å². The van der Waals surface area contributed by atoms with Crippen molar-refractivity contribution in [3.63, 3.8) is 0 Å². The summed E-state index contributed by atoms with van der Waals surface area (Å²) >= 11 is 1.77. The zero-order chi connectivity index (χ0) is 14.5. The highest BCUT2D eigenvalue weighted by Crippen LogP contribution is 2.37. The van der Waals surface area contributed by atoms with E-state index in [1.165, 1.54) is 15.6 Å². The Balaban J connectivity index is 2.07. The Labute approximate surface area is 125 Å². The van der Waals surface area contributed by atoms with Gasteiger partial charge < -0.3 is 9.31 Å². The first-order chi connectivity index (χ1) is 9.36. The minimum atomic E-state index is -0.287. The van der Waals surface area contributed by atoms with E-state index in [9.17, 15) is 0 Å². The van der Waals surface area contributed by atoms with Crippen LogP contribution in [0, 0.1) is 0 Å². The predicted molar refractivity (Wildman–Crippen MR) is 86.9 cm³/mol. The number of rotatable bonds is 2. The van der Waals surface area contributed by atoms with Crippen molar-refractivity contribution in [2.75, 3.05) is 0 Å². The fourth-order valence-electron chi connectivity index (χ4n) is 2.61. The molecule has 0 amide bonds. The lowest BCUT2D eigenvalue weighted by Gasteiger charge is -2.32. The zero-order valence-corrected chi connectivity index (χ0v) is 13.6. The van der Waals surface area contributed by atoms with Crippen LogP contribution in [-0.4, -0.2) is 18.3 Å². The van der Waals surface area contributed by atoms with E-state index in [2.05, 4.69) is 58.2 Å². The Bertz CT molecular complexity index is 629. The molecule has 0 unspecified atom stereocenters. The van der Waals surface area contributed by atoms with Gasteiger partial charge in [0.05, 0.1) is 11.2 Å². The second kappa shape index (κ2) is 4.59. The largest absolute Gasteiger partial charge is 0.496 e. The Morgan fingerprint density at radius 2 is 1.70 bits per heavy atom. The van der Waals surface area contributed by atoms with Crippen LogP contribution >= 0.6 is 11.3 Å². The lowest BCUT2D eigenvalue weighted by molar-refractivity contribution is 0.00578. The third-order valence-electron chi connectivity index (χ3n) is 4.63. The van der Waals surface area contributed by atoms with E-state index >= 15 is 0 Å². The molecule has 0 radical (unpaired) electrons. The quantitative estimate of drug-likeness (QED) is 0.783. The second-order valence-corrected chi connectivity index (χ2v) is 7.34. The molecular formula is C16H21BO2S. The Morgan fingerprint density at radius 3 is 2.30 bits per heavy atom. The van der Waals surface area contributed by atoms with Crippen molar-refractivity contribution in [2.24, 2.45) is 0 Å². The molecule has 0 N–H and O–H groups in total. The third-order valence-corrected chi connectivity index (χ3v) is 5.59. The van der Waals surface area contributed by atoms with Crippen molar-refractivity contribution < 1.29 is 9.31 Å². The molecule has 3 rings (SSSR count). The smallest absolute Gasteiger partial charge is 0.399 e. The molecule has 2 heterocycles. The van der Waals surface area contributed by atoms with Crippen molar-refractivity contribution in [1.82, 2.24) is 0 Å². The molecule has 0 spiro atoms. The zero-order valence-electron chi connectivity index (χ0n) is 12.8. The molecule has 0 bridgehead atoms. The monoisotopic (exact) mass is 288 g/mol. The van der Waals surface area contributed by atoms with Gasteiger partial charge in [-0.2, -0.15) is 0 Å². The normalized spacial score (nSPS) is 20.8. The minimum Gasteiger partial charge on any atom is -0.399 e. The summed E-state index contributed by atoms with van der Waals surface area (Å²) in [5.41, 5.74) is 1.97. The lowest BCUT2D eigenvalue weighted by atomic mass is 9.78. The summed E-state index contributed by atoms with van der Waals surface area (Å²) in [4.78, 5) is 0. The van der Waals surface area contributed by atoms with Crippen molar-refractivity contribution in [2.45, 2.75) is 52.2 Å². The van der Waals surface area contributed by atoms with Gasteiger partial charge >= 0.3 is 7.12 Å². The number of aryl methyl sites for hydroxylation is 1. The molecule has 1 saturated heterocycles. The van der Waals surface area contributed by atoms with Crippen molar-refractivity contribution in [1.29, 1.82) is 0 Å². The molecule has 1 aliphatic rings. The van der Waals surface area contributed by atoms with Gasteiger partial charge in [-0.05, 0) is 56.5 Å². The number of benzene rings is 1. The average molecular weight is 288 g/mol. The van der Waals surface area contributed by atoms with Gasteiger partial charge in [-0.25, -0.2) is 0 Å². The summed E-state index contributed by atoms with van der Waals surface area (Å²) in [7, 11) is -0.271. The van der Waals surface area contributed by atoms with Gasteiger partial charge in [0.2, 0.25) is 0 Å². The van der Waals surface area contributed by atoms with E-state index < -0.39 is 0 Å². The summed E-state index contributed by atoms with van der Waals surface area (Å²) in [5.74, 6) is 0. The maximum atomic E-state index is 6.19. The SMILES string of the molecule is CCc1ccc(B2OC(C)(C)C(C)(C)O2)c2sccc12. The molecule has 106 valence electrons. The van der Waals surface area contributed by atoms with E-state index in [-0.39, 0.29) is 18.3 Å². The topological polar surface area (TPSA) is 18.5 Å². The van der Waals surface area contributed by atoms with Crippen molar-refractivity contribution >= 4 is 34.0 Å².